The van der Waals surface area contributed by atoms with Crippen molar-refractivity contribution in [1.82, 2.24) is 4.98 Å². The molecular formula is C10H16NP. The molecule has 1 nitrogen and oxygen atoms in total. The molecule has 2 radical (unpaired) electrons. The highest BCUT2D eigenvalue weighted by Gasteiger charge is 1.98. The number of rotatable bonds is 5. The van der Waals surface area contributed by atoms with Crippen molar-refractivity contribution in [3.8, 4) is 0 Å². The summed E-state index contributed by atoms with van der Waals surface area (Å²) < 4.78 is 0. The van der Waals surface area contributed by atoms with Crippen LogP contribution in [0.3, 0.4) is 0 Å². The van der Waals surface area contributed by atoms with Gasteiger partial charge in [-0.2, -0.15) is 0 Å². The Morgan fingerprint density at radius 2 is 2.17 bits per heavy atom. The zero-order valence-corrected chi connectivity index (χ0v) is 8.53. The Hall–Kier alpha value is -0.290. The lowest BCUT2D eigenvalue weighted by molar-refractivity contribution is 0.668. The lowest BCUT2D eigenvalue weighted by Crippen LogP contribution is -1.98. The minimum atomic E-state index is 1.03. The summed E-state index contributed by atoms with van der Waals surface area (Å²) in [5.41, 5.74) is 2.39. The van der Waals surface area contributed by atoms with Crippen LogP contribution in [0.25, 0.3) is 0 Å². The molecule has 12 heavy (non-hydrogen) atoms. The molecule has 0 unspecified atom stereocenters. The van der Waals surface area contributed by atoms with Gasteiger partial charge >= 0.3 is 0 Å². The van der Waals surface area contributed by atoms with E-state index in [1.54, 1.807) is 0 Å². The van der Waals surface area contributed by atoms with E-state index in [4.69, 9.17) is 0 Å². The van der Waals surface area contributed by atoms with Crippen molar-refractivity contribution in [3.63, 3.8) is 0 Å². The summed E-state index contributed by atoms with van der Waals surface area (Å²) >= 11 is 0. The average Bonchev–Trinajstić information content (AvgIpc) is 2.46. The summed E-state index contributed by atoms with van der Waals surface area (Å²) in [5, 5.41) is 0. The summed E-state index contributed by atoms with van der Waals surface area (Å²) in [6, 6.07) is 2.12. The minimum absolute atomic E-state index is 1.03. The zero-order chi connectivity index (χ0) is 8.81. The first-order valence-corrected chi connectivity index (χ1v) is 5.14. The summed E-state index contributed by atoms with van der Waals surface area (Å²) in [6.45, 7) is 2.24. The van der Waals surface area contributed by atoms with Crippen molar-refractivity contribution in [3.05, 3.63) is 17.8 Å². The standard InChI is InChI=1S/C10H16NP/c1-2-3-4-5-6-9-7-8-11-10(9)12/h7-8,11H,2-6H2,1H3. The first kappa shape index (κ1) is 9.80. The van der Waals surface area contributed by atoms with Crippen LogP contribution in [0, 0.1) is 0 Å². The molecule has 0 aliphatic rings. The third kappa shape index (κ3) is 2.98. The summed E-state index contributed by atoms with van der Waals surface area (Å²) in [7, 11) is 4.32. The van der Waals surface area contributed by atoms with E-state index in [0.717, 1.165) is 5.44 Å². The SMILES string of the molecule is CCCCCCc1cc[nH]c1[P]. The summed E-state index contributed by atoms with van der Waals surface area (Å²) in [6.07, 6.45) is 8.42. The molecule has 1 aromatic heterocycles. The Bertz CT molecular complexity index is 217. The molecule has 1 heterocycles. The van der Waals surface area contributed by atoms with E-state index < -0.39 is 0 Å². The van der Waals surface area contributed by atoms with Gasteiger partial charge in [0.2, 0.25) is 0 Å². The average molecular weight is 181 g/mol. The molecule has 2 heteroatoms. The van der Waals surface area contributed by atoms with Gasteiger partial charge in [0.15, 0.2) is 0 Å². The quantitative estimate of drug-likeness (QED) is 0.530. The zero-order valence-electron chi connectivity index (χ0n) is 7.64. The van der Waals surface area contributed by atoms with Gasteiger partial charge < -0.3 is 4.98 Å². The first-order chi connectivity index (χ1) is 5.84. The molecule has 0 amide bonds. The highest BCUT2D eigenvalue weighted by atomic mass is 31.0. The molecule has 1 rings (SSSR count). The number of H-pyrrole nitrogens is 1. The van der Waals surface area contributed by atoms with Crippen molar-refractivity contribution in [2.24, 2.45) is 0 Å². The number of aryl methyl sites for hydroxylation is 1. The van der Waals surface area contributed by atoms with E-state index in [9.17, 15) is 0 Å². The van der Waals surface area contributed by atoms with E-state index in [0.29, 0.717) is 0 Å². The maximum absolute atomic E-state index is 4.32. The van der Waals surface area contributed by atoms with E-state index in [1.807, 2.05) is 6.20 Å². The van der Waals surface area contributed by atoms with Crippen LogP contribution >= 0.6 is 9.24 Å². The second-order valence-electron chi connectivity index (χ2n) is 3.16. The third-order valence-electron chi connectivity index (χ3n) is 2.11. The van der Waals surface area contributed by atoms with E-state index >= 15 is 0 Å². The van der Waals surface area contributed by atoms with Crippen LogP contribution in [0.2, 0.25) is 0 Å². The number of nitrogens with one attached hydrogen (secondary N) is 1. The van der Waals surface area contributed by atoms with Gasteiger partial charge in [0.25, 0.3) is 0 Å². The highest BCUT2D eigenvalue weighted by molar-refractivity contribution is 7.27. The topological polar surface area (TPSA) is 15.8 Å². The Balaban J connectivity index is 2.20. The van der Waals surface area contributed by atoms with Gasteiger partial charge in [-0.1, -0.05) is 26.2 Å². The molecule has 0 spiro atoms. The maximum Gasteiger partial charge on any atom is 0.0519 e. The van der Waals surface area contributed by atoms with Gasteiger partial charge in [-0.3, -0.25) is 0 Å². The summed E-state index contributed by atoms with van der Waals surface area (Å²) in [4.78, 5) is 3.07. The van der Waals surface area contributed by atoms with Crippen LogP contribution in [-0.4, -0.2) is 4.98 Å². The molecule has 1 aromatic rings. The van der Waals surface area contributed by atoms with E-state index in [1.165, 1.54) is 37.7 Å². The molecule has 0 bridgehead atoms. The van der Waals surface area contributed by atoms with Crippen LogP contribution in [0.4, 0.5) is 0 Å². The molecule has 66 valence electrons. The highest BCUT2D eigenvalue weighted by Crippen LogP contribution is 2.07. The number of unbranched alkanes of at least 4 members (excludes halogenated alkanes) is 3. The number of aromatic amines is 1. The normalized spacial score (nSPS) is 10.5. The Morgan fingerprint density at radius 3 is 2.75 bits per heavy atom. The van der Waals surface area contributed by atoms with Crippen molar-refractivity contribution < 1.29 is 0 Å². The first-order valence-electron chi connectivity index (χ1n) is 4.69. The fourth-order valence-electron chi connectivity index (χ4n) is 1.34. The molecule has 0 aliphatic carbocycles. The van der Waals surface area contributed by atoms with Crippen molar-refractivity contribution >= 4 is 14.7 Å². The Labute approximate surface area is 77.2 Å². The van der Waals surface area contributed by atoms with E-state index in [2.05, 4.69) is 27.2 Å². The number of aromatic nitrogens is 1. The summed E-state index contributed by atoms with van der Waals surface area (Å²) in [5.74, 6) is 0. The van der Waals surface area contributed by atoms with Crippen LogP contribution in [0.15, 0.2) is 12.3 Å². The Kier molecular flexibility index (Phi) is 4.39. The molecule has 1 N–H and O–H groups in total. The molecule has 0 saturated heterocycles. The lowest BCUT2D eigenvalue weighted by Gasteiger charge is -1.98. The largest absolute Gasteiger partial charge is 0.361 e. The van der Waals surface area contributed by atoms with Gasteiger partial charge in [-0.15, -0.1) is 0 Å². The van der Waals surface area contributed by atoms with Crippen LogP contribution in [-0.2, 0) is 6.42 Å². The molecule has 0 fully saturated rings. The van der Waals surface area contributed by atoms with Crippen LogP contribution in [0.1, 0.15) is 38.2 Å². The molecule has 0 aromatic carbocycles. The van der Waals surface area contributed by atoms with Crippen molar-refractivity contribution in [2.75, 3.05) is 0 Å². The van der Waals surface area contributed by atoms with Crippen LogP contribution < -0.4 is 5.44 Å². The smallest absolute Gasteiger partial charge is 0.0519 e. The van der Waals surface area contributed by atoms with Gasteiger partial charge in [0.05, 0.1) is 5.44 Å². The fourth-order valence-corrected chi connectivity index (χ4v) is 1.60. The number of hydrogen-bond donors (Lipinski definition) is 1. The molecule has 0 atom stereocenters. The van der Waals surface area contributed by atoms with Gasteiger partial charge in [-0.25, -0.2) is 0 Å². The molecule has 0 saturated carbocycles. The molecule has 0 aliphatic heterocycles. The number of hydrogen-bond acceptors (Lipinski definition) is 0. The predicted molar refractivity (Wildman–Crippen MR) is 55.2 cm³/mol. The van der Waals surface area contributed by atoms with E-state index in [-0.39, 0.29) is 0 Å². The van der Waals surface area contributed by atoms with Crippen molar-refractivity contribution in [2.45, 2.75) is 39.0 Å². The van der Waals surface area contributed by atoms with Crippen LogP contribution in [0.5, 0.6) is 0 Å². The molecular weight excluding hydrogens is 165 g/mol. The Morgan fingerprint density at radius 1 is 1.33 bits per heavy atom. The fraction of sp³-hybridized carbons (Fsp3) is 0.600. The van der Waals surface area contributed by atoms with Gasteiger partial charge in [-0.05, 0) is 24.5 Å². The monoisotopic (exact) mass is 181 g/mol. The second-order valence-corrected chi connectivity index (χ2v) is 3.61. The third-order valence-corrected chi connectivity index (χ3v) is 2.52. The van der Waals surface area contributed by atoms with Gasteiger partial charge in [0.1, 0.15) is 0 Å². The lowest BCUT2D eigenvalue weighted by atomic mass is 10.1. The second kappa shape index (κ2) is 5.37. The predicted octanol–water partition coefficient (Wildman–Crippen LogP) is 3.17. The minimum Gasteiger partial charge on any atom is -0.361 e. The maximum atomic E-state index is 4.32. The van der Waals surface area contributed by atoms with Crippen molar-refractivity contribution in [1.29, 1.82) is 0 Å². The van der Waals surface area contributed by atoms with Gasteiger partial charge in [0, 0.05) is 15.4 Å².